The lowest BCUT2D eigenvalue weighted by molar-refractivity contribution is -0.141. The Morgan fingerprint density at radius 1 is 0.885 bits per heavy atom. The van der Waals surface area contributed by atoms with Gasteiger partial charge in [0.05, 0.1) is 13.2 Å². The second kappa shape index (κ2) is 15.7. The summed E-state index contributed by atoms with van der Waals surface area (Å²) < 4.78 is 10.3. The zero-order valence-corrected chi connectivity index (χ0v) is 16.4. The van der Waals surface area contributed by atoms with Crippen LogP contribution in [0.2, 0.25) is 0 Å². The molecule has 0 saturated carbocycles. The van der Waals surface area contributed by atoms with Crippen molar-refractivity contribution in [2.75, 3.05) is 13.2 Å². The summed E-state index contributed by atoms with van der Waals surface area (Å²) in [6.45, 7) is 3.07. The van der Waals surface area contributed by atoms with Crippen LogP contribution >= 0.6 is 0 Å². The Morgan fingerprint density at radius 2 is 1.50 bits per heavy atom. The van der Waals surface area contributed by atoms with E-state index in [9.17, 15) is 9.59 Å². The monoisotopic (exact) mass is 364 g/mol. The number of carbonyl (C=O) groups is 2. The third kappa shape index (κ3) is 12.7. The first-order valence-corrected chi connectivity index (χ1v) is 10.4. The standard InChI is InChI=1S/C22H36O4/c1-2-3-4-5-6-7-8-9-13-18-25-21(23)16-17-22(24)26-19-20-14-11-10-12-15-20/h10-11,16-17,20H,2-9,12-15,18-19H2,1H3/b17-16+. The average molecular weight is 365 g/mol. The number of ether oxygens (including phenoxy) is 2. The molecule has 0 saturated heterocycles. The van der Waals surface area contributed by atoms with E-state index in [4.69, 9.17) is 9.47 Å². The maximum absolute atomic E-state index is 11.6. The number of rotatable bonds is 14. The zero-order valence-electron chi connectivity index (χ0n) is 16.4. The van der Waals surface area contributed by atoms with Crippen molar-refractivity contribution in [2.24, 2.45) is 5.92 Å². The van der Waals surface area contributed by atoms with Crippen molar-refractivity contribution >= 4 is 11.9 Å². The summed E-state index contributed by atoms with van der Waals surface area (Å²) in [5.41, 5.74) is 0. The van der Waals surface area contributed by atoms with Gasteiger partial charge in [-0.3, -0.25) is 0 Å². The molecule has 1 unspecified atom stereocenters. The molecule has 1 rings (SSSR count). The number of allylic oxidation sites excluding steroid dienone is 2. The SMILES string of the molecule is CCCCCCCCCCCOC(=O)/C=C/C(=O)OCC1CC=CCC1. The summed E-state index contributed by atoms with van der Waals surface area (Å²) in [6, 6.07) is 0. The minimum atomic E-state index is -0.473. The van der Waals surface area contributed by atoms with Crippen molar-refractivity contribution in [1.29, 1.82) is 0 Å². The molecule has 148 valence electrons. The lowest BCUT2D eigenvalue weighted by Gasteiger charge is -2.16. The van der Waals surface area contributed by atoms with Gasteiger partial charge in [0.2, 0.25) is 0 Å². The fourth-order valence-electron chi connectivity index (χ4n) is 3.03. The molecule has 26 heavy (non-hydrogen) atoms. The van der Waals surface area contributed by atoms with Crippen LogP contribution in [0.4, 0.5) is 0 Å². The van der Waals surface area contributed by atoms with E-state index in [0.29, 0.717) is 19.1 Å². The van der Waals surface area contributed by atoms with Gasteiger partial charge in [-0.1, -0.05) is 70.4 Å². The Balaban J connectivity index is 1.94. The third-order valence-corrected chi connectivity index (χ3v) is 4.69. The smallest absolute Gasteiger partial charge is 0.331 e. The Hall–Kier alpha value is -1.58. The molecule has 0 aromatic rings. The predicted octanol–water partition coefficient (Wildman–Crippen LogP) is 5.52. The highest BCUT2D eigenvalue weighted by Crippen LogP contribution is 2.18. The fraction of sp³-hybridized carbons (Fsp3) is 0.727. The minimum Gasteiger partial charge on any atom is -0.463 e. The summed E-state index contributed by atoms with van der Waals surface area (Å²) >= 11 is 0. The number of carbonyl (C=O) groups excluding carboxylic acids is 2. The van der Waals surface area contributed by atoms with Gasteiger partial charge < -0.3 is 9.47 Å². The summed E-state index contributed by atoms with van der Waals surface area (Å²) in [5, 5.41) is 0. The maximum atomic E-state index is 11.6. The molecule has 0 bridgehead atoms. The average Bonchev–Trinajstić information content (AvgIpc) is 2.67. The Kier molecular flexibility index (Phi) is 13.5. The highest BCUT2D eigenvalue weighted by molar-refractivity contribution is 5.91. The molecule has 4 nitrogen and oxygen atoms in total. The van der Waals surface area contributed by atoms with Crippen LogP contribution in [0.25, 0.3) is 0 Å². The van der Waals surface area contributed by atoms with Gasteiger partial charge >= 0.3 is 11.9 Å². The second-order valence-corrected chi connectivity index (χ2v) is 7.11. The number of esters is 2. The molecule has 0 aromatic heterocycles. The topological polar surface area (TPSA) is 52.6 Å². The molecule has 1 aliphatic carbocycles. The lowest BCUT2D eigenvalue weighted by Crippen LogP contribution is -2.14. The van der Waals surface area contributed by atoms with Gasteiger partial charge in [-0.25, -0.2) is 9.59 Å². The molecule has 1 aliphatic rings. The van der Waals surface area contributed by atoms with Gasteiger partial charge in [-0.05, 0) is 31.6 Å². The summed E-state index contributed by atoms with van der Waals surface area (Å²) in [4.78, 5) is 23.2. The number of hydrogen-bond donors (Lipinski definition) is 0. The largest absolute Gasteiger partial charge is 0.463 e. The second-order valence-electron chi connectivity index (χ2n) is 7.11. The van der Waals surface area contributed by atoms with E-state index < -0.39 is 11.9 Å². The van der Waals surface area contributed by atoms with Crippen LogP contribution in [-0.2, 0) is 19.1 Å². The Morgan fingerprint density at radius 3 is 2.12 bits per heavy atom. The Labute approximate surface area is 159 Å². The molecule has 0 aliphatic heterocycles. The Bertz CT molecular complexity index is 439. The van der Waals surface area contributed by atoms with Crippen LogP contribution < -0.4 is 0 Å². The van der Waals surface area contributed by atoms with E-state index in [0.717, 1.165) is 44.3 Å². The molecule has 0 fully saturated rings. The van der Waals surface area contributed by atoms with Gasteiger partial charge in [0.15, 0.2) is 0 Å². The van der Waals surface area contributed by atoms with E-state index in [1.807, 2.05) is 0 Å². The molecule has 0 spiro atoms. The van der Waals surface area contributed by atoms with Crippen molar-refractivity contribution in [3.8, 4) is 0 Å². The van der Waals surface area contributed by atoms with Crippen molar-refractivity contribution in [3.05, 3.63) is 24.3 Å². The van der Waals surface area contributed by atoms with Crippen LogP contribution in [-0.4, -0.2) is 25.2 Å². The van der Waals surface area contributed by atoms with E-state index in [1.54, 1.807) is 0 Å². The molecule has 0 amide bonds. The van der Waals surface area contributed by atoms with Gasteiger partial charge in [0.25, 0.3) is 0 Å². The van der Waals surface area contributed by atoms with Gasteiger partial charge in [-0.2, -0.15) is 0 Å². The number of unbranched alkanes of at least 4 members (excludes halogenated alkanes) is 8. The van der Waals surface area contributed by atoms with Crippen molar-refractivity contribution in [3.63, 3.8) is 0 Å². The fourth-order valence-corrected chi connectivity index (χ4v) is 3.03. The number of hydrogen-bond acceptors (Lipinski definition) is 4. The van der Waals surface area contributed by atoms with Crippen molar-refractivity contribution in [1.82, 2.24) is 0 Å². The van der Waals surface area contributed by atoms with Crippen LogP contribution in [0.3, 0.4) is 0 Å². The highest BCUT2D eigenvalue weighted by atomic mass is 16.5. The van der Waals surface area contributed by atoms with Crippen LogP contribution in [0.1, 0.15) is 84.0 Å². The first-order chi connectivity index (χ1) is 12.7. The summed E-state index contributed by atoms with van der Waals surface area (Å²) in [5.74, 6) is -0.544. The third-order valence-electron chi connectivity index (χ3n) is 4.69. The molecule has 4 heteroatoms. The van der Waals surface area contributed by atoms with Crippen molar-refractivity contribution < 1.29 is 19.1 Å². The summed E-state index contributed by atoms with van der Waals surface area (Å²) in [7, 11) is 0. The van der Waals surface area contributed by atoms with Gasteiger partial charge in [0, 0.05) is 12.2 Å². The molecule has 1 atom stereocenters. The molecular weight excluding hydrogens is 328 g/mol. The predicted molar refractivity (Wildman–Crippen MR) is 105 cm³/mol. The molecular formula is C22H36O4. The first-order valence-electron chi connectivity index (χ1n) is 10.4. The van der Waals surface area contributed by atoms with E-state index in [2.05, 4.69) is 19.1 Å². The van der Waals surface area contributed by atoms with E-state index >= 15 is 0 Å². The van der Waals surface area contributed by atoms with Crippen LogP contribution in [0.15, 0.2) is 24.3 Å². The van der Waals surface area contributed by atoms with Gasteiger partial charge in [-0.15, -0.1) is 0 Å². The molecule has 0 radical (unpaired) electrons. The quantitative estimate of drug-likeness (QED) is 0.176. The molecule has 0 aromatic carbocycles. The zero-order chi connectivity index (χ0) is 18.9. The normalized spacial score (nSPS) is 16.7. The molecule has 0 N–H and O–H groups in total. The van der Waals surface area contributed by atoms with Gasteiger partial charge in [0.1, 0.15) is 0 Å². The summed E-state index contributed by atoms with van der Waals surface area (Å²) in [6.07, 6.45) is 20.7. The van der Waals surface area contributed by atoms with E-state index in [-0.39, 0.29) is 0 Å². The van der Waals surface area contributed by atoms with Crippen LogP contribution in [0.5, 0.6) is 0 Å². The minimum absolute atomic E-state index is 0.399. The highest BCUT2D eigenvalue weighted by Gasteiger charge is 2.11. The van der Waals surface area contributed by atoms with E-state index in [1.165, 1.54) is 44.9 Å². The first kappa shape index (κ1) is 22.5. The lowest BCUT2D eigenvalue weighted by atomic mass is 9.95. The maximum Gasteiger partial charge on any atom is 0.331 e. The van der Waals surface area contributed by atoms with Crippen LogP contribution in [0, 0.1) is 5.92 Å². The molecule has 0 heterocycles. The van der Waals surface area contributed by atoms with Crippen molar-refractivity contribution in [2.45, 2.75) is 84.0 Å².